The van der Waals surface area contributed by atoms with E-state index in [0.717, 1.165) is 18.5 Å². The predicted octanol–water partition coefficient (Wildman–Crippen LogP) is 3.31. The van der Waals surface area contributed by atoms with Crippen LogP contribution in [0.1, 0.15) is 38.9 Å². The van der Waals surface area contributed by atoms with E-state index in [1.165, 1.54) is 12.1 Å². The third kappa shape index (κ3) is 5.99. The lowest BCUT2D eigenvalue weighted by atomic mass is 10.1. The number of methoxy groups -OCH3 is 1. The Morgan fingerprint density at radius 2 is 2.10 bits per heavy atom. The minimum Gasteiger partial charge on any atom is -0.379 e. The molecule has 0 saturated carbocycles. The maximum atomic E-state index is 13.3. The summed E-state index contributed by atoms with van der Waals surface area (Å²) in [4.78, 5) is 0. The highest BCUT2D eigenvalue weighted by Gasteiger charge is 2.18. The fourth-order valence-electron chi connectivity index (χ4n) is 1.80. The molecule has 20 heavy (non-hydrogen) atoms. The Bertz CT molecular complexity index is 396. The maximum Gasteiger partial charge on any atom is 0.123 e. The molecule has 1 rings (SSSR count). The van der Waals surface area contributed by atoms with Gasteiger partial charge in [0.15, 0.2) is 0 Å². The molecule has 0 spiro atoms. The summed E-state index contributed by atoms with van der Waals surface area (Å²) in [6.45, 7) is 8.20. The van der Waals surface area contributed by atoms with E-state index in [0.29, 0.717) is 13.2 Å². The number of likely N-dealkylation sites (N-methyl/N-ethyl adjacent to an activating group) is 1. The van der Waals surface area contributed by atoms with Gasteiger partial charge in [0.25, 0.3) is 0 Å². The molecule has 0 saturated heterocycles. The molecular weight excluding hydrogens is 257 g/mol. The normalized spacial score (nSPS) is 13.4. The summed E-state index contributed by atoms with van der Waals surface area (Å²) in [5, 5.41) is 3.25. The number of rotatable bonds is 9. The highest BCUT2D eigenvalue weighted by molar-refractivity contribution is 5.19. The van der Waals surface area contributed by atoms with Crippen molar-refractivity contribution >= 4 is 0 Å². The van der Waals surface area contributed by atoms with Crippen LogP contribution in [0.15, 0.2) is 24.3 Å². The fourth-order valence-corrected chi connectivity index (χ4v) is 1.80. The SMILES string of the molecule is CCNCC(OCCC(C)(C)OC)c1cccc(F)c1. The van der Waals surface area contributed by atoms with Crippen LogP contribution >= 0.6 is 0 Å². The maximum absolute atomic E-state index is 13.3. The van der Waals surface area contributed by atoms with E-state index in [4.69, 9.17) is 9.47 Å². The molecular formula is C16H26FNO2. The van der Waals surface area contributed by atoms with Crippen LogP contribution in [0.4, 0.5) is 4.39 Å². The molecule has 0 fully saturated rings. The molecule has 114 valence electrons. The van der Waals surface area contributed by atoms with Gasteiger partial charge >= 0.3 is 0 Å². The number of nitrogens with one attached hydrogen (secondary N) is 1. The summed E-state index contributed by atoms with van der Waals surface area (Å²) in [7, 11) is 1.70. The van der Waals surface area contributed by atoms with Gasteiger partial charge in [0, 0.05) is 13.7 Å². The number of halogens is 1. The van der Waals surface area contributed by atoms with Crippen molar-refractivity contribution in [3.63, 3.8) is 0 Å². The molecule has 0 bridgehead atoms. The summed E-state index contributed by atoms with van der Waals surface area (Å²) < 4.78 is 24.6. The average Bonchev–Trinajstić information content (AvgIpc) is 2.42. The summed E-state index contributed by atoms with van der Waals surface area (Å²) in [5.74, 6) is -0.232. The molecule has 0 aliphatic heterocycles. The Hall–Kier alpha value is -0.970. The van der Waals surface area contributed by atoms with Gasteiger partial charge in [0.1, 0.15) is 5.82 Å². The van der Waals surface area contributed by atoms with E-state index in [1.54, 1.807) is 13.2 Å². The first kappa shape index (κ1) is 17.1. The summed E-state index contributed by atoms with van der Waals surface area (Å²) >= 11 is 0. The fraction of sp³-hybridized carbons (Fsp3) is 0.625. The zero-order valence-corrected chi connectivity index (χ0v) is 12.9. The van der Waals surface area contributed by atoms with E-state index in [9.17, 15) is 4.39 Å². The summed E-state index contributed by atoms with van der Waals surface area (Å²) in [6, 6.07) is 6.59. The lowest BCUT2D eigenvalue weighted by molar-refractivity contribution is -0.0271. The first-order chi connectivity index (χ1) is 9.48. The molecule has 1 atom stereocenters. The Kier molecular flexibility index (Phi) is 7.13. The Labute approximate surface area is 121 Å². The highest BCUT2D eigenvalue weighted by Crippen LogP contribution is 2.20. The minimum absolute atomic E-state index is 0.140. The van der Waals surface area contributed by atoms with Crippen LogP contribution in [0.3, 0.4) is 0 Å². The zero-order valence-electron chi connectivity index (χ0n) is 12.9. The van der Waals surface area contributed by atoms with E-state index < -0.39 is 0 Å². The highest BCUT2D eigenvalue weighted by atomic mass is 19.1. The first-order valence-electron chi connectivity index (χ1n) is 7.11. The van der Waals surface area contributed by atoms with Crippen LogP contribution in [0.5, 0.6) is 0 Å². The number of hydrogen-bond acceptors (Lipinski definition) is 3. The van der Waals surface area contributed by atoms with Crippen LogP contribution in [0, 0.1) is 5.82 Å². The van der Waals surface area contributed by atoms with Crippen LogP contribution in [-0.2, 0) is 9.47 Å². The second kappa shape index (κ2) is 8.35. The lowest BCUT2D eigenvalue weighted by Crippen LogP contribution is -2.27. The predicted molar refractivity (Wildman–Crippen MR) is 79.3 cm³/mol. The van der Waals surface area contributed by atoms with Crippen molar-refractivity contribution in [3.8, 4) is 0 Å². The molecule has 1 unspecified atom stereocenters. The molecule has 0 amide bonds. The van der Waals surface area contributed by atoms with E-state index in [1.807, 2.05) is 26.8 Å². The van der Waals surface area contributed by atoms with Crippen LogP contribution < -0.4 is 5.32 Å². The molecule has 0 radical (unpaired) electrons. The molecule has 1 N–H and O–H groups in total. The molecule has 3 nitrogen and oxygen atoms in total. The quantitative estimate of drug-likeness (QED) is 0.754. The van der Waals surface area contributed by atoms with Crippen LogP contribution in [-0.4, -0.2) is 32.4 Å². The zero-order chi connectivity index (χ0) is 15.0. The van der Waals surface area contributed by atoms with E-state index in [2.05, 4.69) is 5.32 Å². The number of benzene rings is 1. The molecule has 1 aromatic rings. The topological polar surface area (TPSA) is 30.5 Å². The standard InChI is InChI=1S/C16H26FNO2/c1-5-18-12-15(13-7-6-8-14(17)11-13)20-10-9-16(2,3)19-4/h6-8,11,15,18H,5,9-10,12H2,1-4H3. The van der Waals surface area contributed by atoms with Gasteiger partial charge < -0.3 is 14.8 Å². The summed E-state index contributed by atoms with van der Waals surface area (Å²) in [5.41, 5.74) is 0.658. The van der Waals surface area contributed by atoms with Crippen molar-refractivity contribution in [2.45, 2.75) is 38.9 Å². The molecule has 0 heterocycles. The van der Waals surface area contributed by atoms with Crippen LogP contribution in [0.25, 0.3) is 0 Å². The summed E-state index contributed by atoms with van der Waals surface area (Å²) in [6.07, 6.45) is 0.653. The van der Waals surface area contributed by atoms with Gasteiger partial charge in [-0.15, -0.1) is 0 Å². The second-order valence-corrected chi connectivity index (χ2v) is 5.44. The van der Waals surface area contributed by atoms with Crippen molar-refractivity contribution < 1.29 is 13.9 Å². The number of hydrogen-bond donors (Lipinski definition) is 1. The van der Waals surface area contributed by atoms with E-state index >= 15 is 0 Å². The molecule has 0 aliphatic rings. The van der Waals surface area contributed by atoms with Gasteiger partial charge in [-0.05, 0) is 44.5 Å². The van der Waals surface area contributed by atoms with Crippen molar-refractivity contribution in [2.24, 2.45) is 0 Å². The Balaban J connectivity index is 2.61. The molecule has 1 aromatic carbocycles. The smallest absolute Gasteiger partial charge is 0.123 e. The van der Waals surface area contributed by atoms with Crippen molar-refractivity contribution in [2.75, 3.05) is 26.8 Å². The van der Waals surface area contributed by atoms with Crippen molar-refractivity contribution in [3.05, 3.63) is 35.6 Å². The van der Waals surface area contributed by atoms with Crippen molar-refractivity contribution in [1.29, 1.82) is 0 Å². The van der Waals surface area contributed by atoms with E-state index in [-0.39, 0.29) is 17.5 Å². The minimum atomic E-state index is -0.232. The molecule has 0 aliphatic carbocycles. The third-order valence-corrected chi connectivity index (χ3v) is 3.38. The average molecular weight is 283 g/mol. The number of ether oxygens (including phenoxy) is 2. The van der Waals surface area contributed by atoms with Gasteiger partial charge in [-0.25, -0.2) is 4.39 Å². The largest absolute Gasteiger partial charge is 0.379 e. The van der Waals surface area contributed by atoms with Gasteiger partial charge in [-0.2, -0.15) is 0 Å². The molecule has 0 aromatic heterocycles. The van der Waals surface area contributed by atoms with Gasteiger partial charge in [0.05, 0.1) is 18.3 Å². The van der Waals surface area contributed by atoms with Crippen molar-refractivity contribution in [1.82, 2.24) is 5.32 Å². The van der Waals surface area contributed by atoms with Crippen LogP contribution in [0.2, 0.25) is 0 Å². The Morgan fingerprint density at radius 1 is 1.35 bits per heavy atom. The van der Waals surface area contributed by atoms with Gasteiger partial charge in [0.2, 0.25) is 0 Å². The lowest BCUT2D eigenvalue weighted by Gasteiger charge is -2.25. The third-order valence-electron chi connectivity index (χ3n) is 3.38. The first-order valence-corrected chi connectivity index (χ1v) is 7.11. The van der Waals surface area contributed by atoms with Gasteiger partial charge in [-0.3, -0.25) is 0 Å². The van der Waals surface area contributed by atoms with Gasteiger partial charge in [-0.1, -0.05) is 19.1 Å². The molecule has 4 heteroatoms. The Morgan fingerprint density at radius 3 is 2.70 bits per heavy atom. The second-order valence-electron chi connectivity index (χ2n) is 5.44. The monoisotopic (exact) mass is 283 g/mol.